The third-order valence-electron chi connectivity index (χ3n) is 2.16. The third-order valence-corrected chi connectivity index (χ3v) is 2.16. The Morgan fingerprint density at radius 1 is 1.40 bits per heavy atom. The van der Waals surface area contributed by atoms with Gasteiger partial charge in [0, 0.05) is 11.8 Å². The smallest absolute Gasteiger partial charge is 0.330 e. The van der Waals surface area contributed by atoms with Gasteiger partial charge in [-0.25, -0.2) is 4.79 Å². The van der Waals surface area contributed by atoms with Crippen LogP contribution in [-0.2, 0) is 9.53 Å². The fourth-order valence-corrected chi connectivity index (χ4v) is 1.38. The number of methoxy groups -OCH3 is 1. The number of hydrogen-bond acceptors (Lipinski definition) is 3. The van der Waals surface area contributed by atoms with Crippen LogP contribution in [0.2, 0.25) is 0 Å². The van der Waals surface area contributed by atoms with Crippen molar-refractivity contribution in [2.45, 2.75) is 13.8 Å². The average molecular weight is 205 g/mol. The number of rotatable bonds is 2. The number of carbonyl (C=O) groups is 1. The molecule has 15 heavy (non-hydrogen) atoms. The van der Waals surface area contributed by atoms with E-state index in [1.54, 1.807) is 6.08 Å². The fraction of sp³-hybridized carbons (Fsp3) is 0.250. The highest BCUT2D eigenvalue weighted by atomic mass is 16.5. The first-order valence-corrected chi connectivity index (χ1v) is 4.67. The van der Waals surface area contributed by atoms with E-state index in [1.807, 2.05) is 26.0 Å². The maximum absolute atomic E-state index is 10.9. The Morgan fingerprint density at radius 3 is 2.67 bits per heavy atom. The van der Waals surface area contributed by atoms with Crippen LogP contribution >= 0.6 is 0 Å². The minimum atomic E-state index is -0.381. The second kappa shape index (κ2) is 4.64. The molecule has 0 aromatic heterocycles. The Balaban J connectivity index is 3.04. The quantitative estimate of drug-likeness (QED) is 0.457. The number of aryl methyl sites for hydroxylation is 2. The lowest BCUT2D eigenvalue weighted by Crippen LogP contribution is -1.96. The van der Waals surface area contributed by atoms with E-state index < -0.39 is 0 Å². The summed E-state index contributed by atoms with van der Waals surface area (Å²) in [6, 6.07) is 3.94. The zero-order chi connectivity index (χ0) is 11.4. The topological polar surface area (TPSA) is 52.3 Å². The van der Waals surface area contributed by atoms with E-state index in [4.69, 9.17) is 5.73 Å². The normalized spacial score (nSPS) is 10.6. The van der Waals surface area contributed by atoms with Crippen molar-refractivity contribution in [3.63, 3.8) is 0 Å². The van der Waals surface area contributed by atoms with Crippen molar-refractivity contribution >= 4 is 17.7 Å². The van der Waals surface area contributed by atoms with Crippen LogP contribution in [0.3, 0.4) is 0 Å². The number of esters is 1. The van der Waals surface area contributed by atoms with Crippen molar-refractivity contribution in [2.24, 2.45) is 0 Å². The molecule has 0 bridgehead atoms. The average Bonchev–Trinajstić information content (AvgIpc) is 2.20. The van der Waals surface area contributed by atoms with E-state index >= 15 is 0 Å². The van der Waals surface area contributed by atoms with Gasteiger partial charge in [0.15, 0.2) is 0 Å². The number of benzene rings is 1. The summed E-state index contributed by atoms with van der Waals surface area (Å²) in [5, 5.41) is 0. The first-order chi connectivity index (χ1) is 7.04. The van der Waals surface area contributed by atoms with Gasteiger partial charge in [0.2, 0.25) is 0 Å². The van der Waals surface area contributed by atoms with E-state index in [0.29, 0.717) is 5.69 Å². The van der Waals surface area contributed by atoms with Crippen LogP contribution in [0.5, 0.6) is 0 Å². The van der Waals surface area contributed by atoms with Gasteiger partial charge in [-0.1, -0.05) is 11.6 Å². The van der Waals surface area contributed by atoms with Crippen molar-refractivity contribution in [3.8, 4) is 0 Å². The van der Waals surface area contributed by atoms with E-state index in [-0.39, 0.29) is 5.97 Å². The number of carbonyl (C=O) groups excluding carboxylic acids is 1. The molecule has 0 amide bonds. The van der Waals surface area contributed by atoms with Gasteiger partial charge in [-0.05, 0) is 37.1 Å². The van der Waals surface area contributed by atoms with Crippen LogP contribution in [0.25, 0.3) is 6.08 Å². The Bertz CT molecular complexity index is 408. The maximum Gasteiger partial charge on any atom is 0.330 e. The number of ether oxygens (including phenoxy) is 1. The Hall–Kier alpha value is -1.77. The van der Waals surface area contributed by atoms with Crippen molar-refractivity contribution < 1.29 is 9.53 Å². The molecule has 0 aliphatic rings. The standard InChI is InChI=1S/C12H15NO2/c1-8-6-9(2)12(13)10(7-8)4-5-11(14)15-3/h4-7H,13H2,1-3H3. The SMILES string of the molecule is COC(=O)C=Cc1cc(C)cc(C)c1N. The summed E-state index contributed by atoms with van der Waals surface area (Å²) in [4.78, 5) is 10.9. The summed E-state index contributed by atoms with van der Waals surface area (Å²) in [5.41, 5.74) is 9.55. The Morgan fingerprint density at radius 2 is 2.07 bits per heavy atom. The molecule has 3 heteroatoms. The van der Waals surface area contributed by atoms with Crippen molar-refractivity contribution in [1.82, 2.24) is 0 Å². The molecule has 1 aromatic carbocycles. The number of hydrogen-bond donors (Lipinski definition) is 1. The molecule has 0 heterocycles. The number of anilines is 1. The van der Waals surface area contributed by atoms with Gasteiger partial charge in [-0.3, -0.25) is 0 Å². The van der Waals surface area contributed by atoms with Gasteiger partial charge in [0.25, 0.3) is 0 Å². The molecule has 0 saturated heterocycles. The summed E-state index contributed by atoms with van der Waals surface area (Å²) in [7, 11) is 1.34. The van der Waals surface area contributed by atoms with Crippen LogP contribution in [0.4, 0.5) is 5.69 Å². The monoisotopic (exact) mass is 205 g/mol. The minimum Gasteiger partial charge on any atom is -0.466 e. The second-order valence-corrected chi connectivity index (χ2v) is 3.44. The molecule has 0 radical (unpaired) electrons. The summed E-state index contributed by atoms with van der Waals surface area (Å²) in [6.07, 6.45) is 3.03. The first-order valence-electron chi connectivity index (χ1n) is 4.67. The molecule has 0 aliphatic heterocycles. The van der Waals surface area contributed by atoms with Gasteiger partial charge in [0.05, 0.1) is 7.11 Å². The van der Waals surface area contributed by atoms with Crippen molar-refractivity contribution in [3.05, 3.63) is 34.9 Å². The predicted molar refractivity (Wildman–Crippen MR) is 61.4 cm³/mol. The van der Waals surface area contributed by atoms with Crippen LogP contribution in [0.15, 0.2) is 18.2 Å². The zero-order valence-electron chi connectivity index (χ0n) is 9.20. The molecular formula is C12H15NO2. The van der Waals surface area contributed by atoms with Gasteiger partial charge in [-0.2, -0.15) is 0 Å². The molecule has 0 saturated carbocycles. The first kappa shape index (κ1) is 11.3. The maximum atomic E-state index is 10.9. The van der Waals surface area contributed by atoms with E-state index in [2.05, 4.69) is 4.74 Å². The third kappa shape index (κ3) is 2.84. The molecule has 0 aliphatic carbocycles. The summed E-state index contributed by atoms with van der Waals surface area (Å²) >= 11 is 0. The van der Waals surface area contributed by atoms with Crippen molar-refractivity contribution in [1.29, 1.82) is 0 Å². The van der Waals surface area contributed by atoms with E-state index in [1.165, 1.54) is 13.2 Å². The van der Waals surface area contributed by atoms with E-state index in [0.717, 1.165) is 16.7 Å². The zero-order valence-corrected chi connectivity index (χ0v) is 9.20. The minimum absolute atomic E-state index is 0.381. The van der Waals surface area contributed by atoms with Gasteiger partial charge in [-0.15, -0.1) is 0 Å². The molecule has 2 N–H and O–H groups in total. The summed E-state index contributed by atoms with van der Waals surface area (Å²) < 4.78 is 4.51. The van der Waals surface area contributed by atoms with Gasteiger partial charge >= 0.3 is 5.97 Å². The lowest BCUT2D eigenvalue weighted by Gasteiger charge is -2.06. The summed E-state index contributed by atoms with van der Waals surface area (Å²) in [5.74, 6) is -0.381. The predicted octanol–water partition coefficient (Wildman–Crippen LogP) is 2.07. The highest BCUT2D eigenvalue weighted by molar-refractivity contribution is 5.88. The molecule has 1 aromatic rings. The van der Waals surface area contributed by atoms with Crippen LogP contribution < -0.4 is 5.73 Å². The molecule has 0 atom stereocenters. The van der Waals surface area contributed by atoms with E-state index in [9.17, 15) is 4.79 Å². The van der Waals surface area contributed by atoms with Crippen molar-refractivity contribution in [2.75, 3.05) is 12.8 Å². The van der Waals surface area contributed by atoms with Gasteiger partial charge < -0.3 is 10.5 Å². The Kier molecular flexibility index (Phi) is 3.50. The highest BCUT2D eigenvalue weighted by Gasteiger charge is 2.01. The molecule has 3 nitrogen and oxygen atoms in total. The lowest BCUT2D eigenvalue weighted by atomic mass is 10.0. The van der Waals surface area contributed by atoms with Crippen LogP contribution in [0, 0.1) is 13.8 Å². The largest absolute Gasteiger partial charge is 0.466 e. The lowest BCUT2D eigenvalue weighted by molar-refractivity contribution is -0.134. The molecule has 80 valence electrons. The second-order valence-electron chi connectivity index (χ2n) is 3.44. The molecule has 0 fully saturated rings. The number of nitrogen functional groups attached to an aromatic ring is 1. The molecule has 1 rings (SSSR count). The Labute approximate surface area is 89.5 Å². The molecule has 0 unspecified atom stereocenters. The number of nitrogens with two attached hydrogens (primary N) is 1. The molecular weight excluding hydrogens is 190 g/mol. The summed E-state index contributed by atoms with van der Waals surface area (Å²) in [6.45, 7) is 3.93. The van der Waals surface area contributed by atoms with Crippen LogP contribution in [-0.4, -0.2) is 13.1 Å². The van der Waals surface area contributed by atoms with Crippen LogP contribution in [0.1, 0.15) is 16.7 Å². The highest BCUT2D eigenvalue weighted by Crippen LogP contribution is 2.20. The van der Waals surface area contributed by atoms with Gasteiger partial charge in [0.1, 0.15) is 0 Å². The fourth-order valence-electron chi connectivity index (χ4n) is 1.38. The molecule has 0 spiro atoms.